The Labute approximate surface area is 263 Å². The van der Waals surface area contributed by atoms with Gasteiger partial charge < -0.3 is 9.84 Å². The van der Waals surface area contributed by atoms with Crippen molar-refractivity contribution in [3.8, 4) is 0 Å². The van der Waals surface area contributed by atoms with Gasteiger partial charge in [-0.1, -0.05) is 13.8 Å². The number of carbonyl (C=O) groups is 2. The Bertz CT molecular complexity index is 1030. The third kappa shape index (κ3) is 9.55. The van der Waals surface area contributed by atoms with Gasteiger partial charge in [0.2, 0.25) is 12.1 Å². The molecule has 0 aromatic rings. The molecule has 0 bridgehead atoms. The Morgan fingerprint density at radius 2 is 1.33 bits per heavy atom. The first-order valence-electron chi connectivity index (χ1n) is 16.7. The van der Waals surface area contributed by atoms with Gasteiger partial charge in [0.1, 0.15) is 6.10 Å². The van der Waals surface area contributed by atoms with Gasteiger partial charge in [-0.3, -0.25) is 35.1 Å². The molecule has 4 rings (SSSR count). The van der Waals surface area contributed by atoms with Crippen LogP contribution in [0.15, 0.2) is 0 Å². The van der Waals surface area contributed by atoms with Crippen molar-refractivity contribution in [2.45, 2.75) is 122 Å². The van der Waals surface area contributed by atoms with Crippen LogP contribution in [0.1, 0.15) is 97.3 Å². The summed E-state index contributed by atoms with van der Waals surface area (Å²) in [6.45, 7) is 4.56. The minimum atomic E-state index is -1.10. The first-order valence-corrected chi connectivity index (χ1v) is 16.7. The van der Waals surface area contributed by atoms with Gasteiger partial charge in [0.05, 0.1) is 31.2 Å². The average molecular weight is 643 g/mol. The molecule has 4 saturated carbocycles. The van der Waals surface area contributed by atoms with E-state index in [1.165, 1.54) is 0 Å². The van der Waals surface area contributed by atoms with Gasteiger partial charge >= 0.3 is 11.9 Å². The second-order valence-electron chi connectivity index (χ2n) is 14.3. The average Bonchev–Trinajstić information content (AvgIpc) is 2.99. The third-order valence-electron chi connectivity index (χ3n) is 11.2. The molecule has 0 spiro atoms. The lowest BCUT2D eigenvalue weighted by atomic mass is 9.71. The summed E-state index contributed by atoms with van der Waals surface area (Å²) >= 11 is 0. The zero-order chi connectivity index (χ0) is 32.7. The molecule has 4 aliphatic rings. The van der Waals surface area contributed by atoms with E-state index in [-0.39, 0.29) is 73.3 Å². The molecule has 0 aliphatic heterocycles. The second-order valence-corrected chi connectivity index (χ2v) is 14.3. The van der Waals surface area contributed by atoms with E-state index in [4.69, 9.17) is 19.8 Å². The summed E-state index contributed by atoms with van der Waals surface area (Å²) < 4.78 is 5.83. The molecule has 256 valence electrons. The fourth-order valence-electron chi connectivity index (χ4n) is 8.54. The minimum absolute atomic E-state index is 0.0150. The fraction of sp³-hybridized carbons (Fsp3) is 0.935. The van der Waals surface area contributed by atoms with E-state index in [0.717, 1.165) is 38.5 Å². The number of carboxylic acids is 1. The van der Waals surface area contributed by atoms with E-state index in [1.54, 1.807) is 0 Å². The van der Waals surface area contributed by atoms with Crippen LogP contribution >= 0.6 is 0 Å². The van der Waals surface area contributed by atoms with Crippen molar-refractivity contribution in [1.29, 1.82) is 0 Å². The number of aliphatic carboxylic acids is 1. The molecule has 0 saturated heterocycles. The number of nitrogens with zero attached hydrogens (tertiary/aromatic N) is 2. The quantitative estimate of drug-likeness (QED) is 0.116. The number of hydrogen-bond donors (Lipinski definition) is 2. The van der Waals surface area contributed by atoms with Crippen LogP contribution in [0.5, 0.6) is 0 Å². The van der Waals surface area contributed by atoms with Crippen molar-refractivity contribution in [3.63, 3.8) is 0 Å². The summed E-state index contributed by atoms with van der Waals surface area (Å²) in [5, 5.41) is 41.1. The highest BCUT2D eigenvalue weighted by Crippen LogP contribution is 2.41. The van der Waals surface area contributed by atoms with Crippen molar-refractivity contribution in [1.82, 2.24) is 0 Å². The van der Waals surface area contributed by atoms with Gasteiger partial charge in [-0.05, 0) is 93.3 Å². The molecule has 0 aromatic heterocycles. The Hall–Kier alpha value is -2.42. The predicted octanol–water partition coefficient (Wildman–Crippen LogP) is 5.17. The topological polar surface area (TPSA) is 198 Å². The van der Waals surface area contributed by atoms with Gasteiger partial charge in [0.15, 0.2) is 0 Å². The molecule has 45 heavy (non-hydrogen) atoms. The van der Waals surface area contributed by atoms with Gasteiger partial charge in [-0.2, -0.15) is 0 Å². The number of hydrogen-bond acceptors (Lipinski definition) is 11. The Kier molecular flexibility index (Phi) is 12.9. The molecule has 0 radical (unpaired) electrons. The largest absolute Gasteiger partial charge is 0.481 e. The molecular formula is C31H50N2O12. The highest BCUT2D eigenvalue weighted by Gasteiger charge is 2.45. The van der Waals surface area contributed by atoms with Crippen molar-refractivity contribution in [2.24, 2.45) is 47.3 Å². The summed E-state index contributed by atoms with van der Waals surface area (Å²) in [5.74, 6) is -2.35. The van der Waals surface area contributed by atoms with Crippen LogP contribution < -0.4 is 0 Å². The molecule has 0 heterocycles. The molecular weight excluding hydrogens is 592 g/mol. The van der Waals surface area contributed by atoms with Crippen LogP contribution in [0.2, 0.25) is 0 Å². The lowest BCUT2D eigenvalue weighted by Gasteiger charge is -2.39. The maximum absolute atomic E-state index is 13.0. The van der Waals surface area contributed by atoms with Crippen LogP contribution in [0, 0.1) is 67.6 Å². The molecule has 12 atom stereocenters. The van der Waals surface area contributed by atoms with Gasteiger partial charge in [0, 0.05) is 35.5 Å². The summed E-state index contributed by atoms with van der Waals surface area (Å²) in [6.07, 6.45) is 7.68. The molecule has 14 nitrogen and oxygen atoms in total. The van der Waals surface area contributed by atoms with Crippen molar-refractivity contribution in [2.75, 3.05) is 13.2 Å². The summed E-state index contributed by atoms with van der Waals surface area (Å²) in [6, 6.07) is -1.53. The highest BCUT2D eigenvalue weighted by atomic mass is 17.2. The fourth-order valence-corrected chi connectivity index (χ4v) is 8.54. The van der Waals surface area contributed by atoms with Gasteiger partial charge in [-0.15, -0.1) is 0 Å². The smallest absolute Gasteiger partial charge is 0.310 e. The second kappa shape index (κ2) is 16.4. The molecule has 14 heteroatoms. The number of esters is 1. The van der Waals surface area contributed by atoms with Crippen LogP contribution in [-0.4, -0.2) is 69.7 Å². The summed E-state index contributed by atoms with van der Waals surface area (Å²) in [7, 11) is 0. The molecule has 4 aliphatic carbocycles. The van der Waals surface area contributed by atoms with Gasteiger partial charge in [0.25, 0.3) is 0 Å². The van der Waals surface area contributed by atoms with Crippen LogP contribution in [0.25, 0.3) is 0 Å². The first kappa shape index (κ1) is 35.4. The third-order valence-corrected chi connectivity index (χ3v) is 11.2. The number of nitro groups is 2. The van der Waals surface area contributed by atoms with Crippen molar-refractivity contribution < 1.29 is 49.2 Å². The Morgan fingerprint density at radius 1 is 0.733 bits per heavy atom. The monoisotopic (exact) mass is 642 g/mol. The predicted molar refractivity (Wildman–Crippen MR) is 158 cm³/mol. The molecule has 0 aromatic carbocycles. The summed E-state index contributed by atoms with van der Waals surface area (Å²) in [5.41, 5.74) is 0. The molecule has 4 fully saturated rings. The zero-order valence-corrected chi connectivity index (χ0v) is 26.4. The lowest BCUT2D eigenvalue weighted by molar-refractivity contribution is -0.530. The SMILES string of the molecule is CC1CC(CC2CCC(OC(=O)C3CC([N+](=O)[O-])CCC3C(=O)O)C(C)C2)CCC1OOCC1CC([N+](=O)[O-])CCC1COO. The number of carboxylic acid groups (broad SMARTS) is 1. The van der Waals surface area contributed by atoms with E-state index < -0.39 is 40.8 Å². The minimum Gasteiger partial charge on any atom is -0.481 e. The lowest BCUT2D eigenvalue weighted by Crippen LogP contribution is -2.43. The summed E-state index contributed by atoms with van der Waals surface area (Å²) in [4.78, 5) is 62.5. The van der Waals surface area contributed by atoms with Crippen LogP contribution in [-0.2, 0) is 29.0 Å². The molecule has 2 N–H and O–H groups in total. The van der Waals surface area contributed by atoms with Crippen LogP contribution in [0.3, 0.4) is 0 Å². The van der Waals surface area contributed by atoms with E-state index in [0.29, 0.717) is 37.5 Å². The molecule has 0 amide bonds. The number of carbonyl (C=O) groups excluding carboxylic acids is 1. The maximum Gasteiger partial charge on any atom is 0.310 e. The van der Waals surface area contributed by atoms with E-state index in [9.17, 15) is 34.9 Å². The Morgan fingerprint density at radius 3 is 1.91 bits per heavy atom. The highest BCUT2D eigenvalue weighted by molar-refractivity contribution is 5.81. The Balaban J connectivity index is 1.18. The molecule has 12 unspecified atom stereocenters. The van der Waals surface area contributed by atoms with Crippen LogP contribution in [0.4, 0.5) is 0 Å². The van der Waals surface area contributed by atoms with E-state index >= 15 is 0 Å². The van der Waals surface area contributed by atoms with E-state index in [2.05, 4.69) is 18.7 Å². The first-order chi connectivity index (χ1) is 21.5. The number of ether oxygens (including phenoxy) is 1. The maximum atomic E-state index is 13.0. The van der Waals surface area contributed by atoms with Gasteiger partial charge in [-0.25, -0.2) is 14.7 Å². The van der Waals surface area contributed by atoms with E-state index in [1.807, 2.05) is 0 Å². The van der Waals surface area contributed by atoms with Crippen molar-refractivity contribution >= 4 is 11.9 Å². The normalized spacial score (nSPS) is 39.1. The van der Waals surface area contributed by atoms with Crippen molar-refractivity contribution in [3.05, 3.63) is 20.2 Å². The zero-order valence-electron chi connectivity index (χ0n) is 26.4. The number of rotatable bonds is 13. The standard InChI is InChI=1S/C31H50N2O12/c1-18-11-20(3-9-28(18)44-31(36)27-15-25(33(39)40)7-8-26(27)30(34)35)13-21-4-10-29(19(2)12-21)45-43-17-23-14-24(32(37)38)6-5-22(23)16-42-41/h18-29,41H,3-17H2,1-2H3,(H,34,35).